The Kier molecular flexibility index (Phi) is 3.98. The quantitative estimate of drug-likeness (QED) is 0.824. The Balaban J connectivity index is 1.69. The van der Waals surface area contributed by atoms with E-state index >= 15 is 0 Å². The fourth-order valence-electron chi connectivity index (χ4n) is 3.69. The fourth-order valence-corrected chi connectivity index (χ4v) is 3.69. The van der Waals surface area contributed by atoms with E-state index in [-0.39, 0.29) is 0 Å². The Labute approximate surface area is 132 Å². The molecule has 22 heavy (non-hydrogen) atoms. The molecule has 1 aromatic heterocycles. The van der Waals surface area contributed by atoms with Gasteiger partial charge < -0.3 is 10.3 Å². The van der Waals surface area contributed by atoms with Crippen LogP contribution in [0.3, 0.4) is 0 Å². The molecule has 2 aromatic rings. The van der Waals surface area contributed by atoms with Crippen LogP contribution in [0, 0.1) is 11.3 Å². The van der Waals surface area contributed by atoms with Crippen LogP contribution in [0.1, 0.15) is 57.9 Å². The van der Waals surface area contributed by atoms with Gasteiger partial charge in [-0.3, -0.25) is 0 Å². The summed E-state index contributed by atoms with van der Waals surface area (Å²) in [7, 11) is 0. The van der Waals surface area contributed by atoms with Gasteiger partial charge in [-0.1, -0.05) is 50.2 Å². The van der Waals surface area contributed by atoms with Gasteiger partial charge >= 0.3 is 0 Å². The van der Waals surface area contributed by atoms with E-state index in [4.69, 9.17) is 10.3 Å². The Bertz CT molecular complexity index is 614. The molecule has 0 amide bonds. The first-order valence-electron chi connectivity index (χ1n) is 8.25. The molecule has 3 rings (SSSR count). The van der Waals surface area contributed by atoms with Crippen LogP contribution in [-0.4, -0.2) is 5.16 Å². The van der Waals surface area contributed by atoms with E-state index in [1.54, 1.807) is 6.20 Å². The monoisotopic (exact) mass is 298 g/mol. The van der Waals surface area contributed by atoms with E-state index < -0.39 is 0 Å². The SMILES string of the molecule is CC(C)(C)C1CCC(c2ccc(-c3cnoc3N)cc2)CC1. The molecule has 0 unspecified atom stereocenters. The summed E-state index contributed by atoms with van der Waals surface area (Å²) in [5.41, 5.74) is 9.63. The van der Waals surface area contributed by atoms with E-state index in [1.165, 1.54) is 31.2 Å². The number of nitrogens with zero attached hydrogens (tertiary/aromatic N) is 1. The summed E-state index contributed by atoms with van der Waals surface area (Å²) in [5.74, 6) is 1.95. The largest absolute Gasteiger partial charge is 0.367 e. The van der Waals surface area contributed by atoms with Crippen molar-refractivity contribution >= 4 is 5.88 Å². The lowest BCUT2D eigenvalue weighted by atomic mass is 9.68. The molecule has 1 saturated carbocycles. The van der Waals surface area contributed by atoms with Crippen LogP contribution in [-0.2, 0) is 0 Å². The van der Waals surface area contributed by atoms with Crippen molar-refractivity contribution < 1.29 is 4.52 Å². The molecule has 1 fully saturated rings. The molecule has 1 aliphatic rings. The minimum atomic E-state index is 0.387. The first-order chi connectivity index (χ1) is 10.4. The second-order valence-corrected chi connectivity index (χ2v) is 7.64. The summed E-state index contributed by atoms with van der Waals surface area (Å²) < 4.78 is 4.94. The Hall–Kier alpha value is -1.77. The number of nitrogens with two attached hydrogens (primary N) is 1. The highest BCUT2D eigenvalue weighted by atomic mass is 16.5. The molecule has 0 bridgehead atoms. The number of anilines is 1. The normalized spacial score (nSPS) is 22.7. The molecule has 2 N–H and O–H groups in total. The predicted molar refractivity (Wildman–Crippen MR) is 90.5 cm³/mol. The van der Waals surface area contributed by atoms with Gasteiger partial charge in [-0.15, -0.1) is 0 Å². The third-order valence-corrected chi connectivity index (χ3v) is 5.24. The summed E-state index contributed by atoms with van der Waals surface area (Å²) in [6.45, 7) is 7.11. The van der Waals surface area contributed by atoms with Gasteiger partial charge in [0, 0.05) is 0 Å². The van der Waals surface area contributed by atoms with Crippen molar-refractivity contribution in [2.75, 3.05) is 5.73 Å². The van der Waals surface area contributed by atoms with Gasteiger partial charge in [0.05, 0.1) is 11.8 Å². The topological polar surface area (TPSA) is 52.0 Å². The van der Waals surface area contributed by atoms with Crippen molar-refractivity contribution in [3.8, 4) is 11.1 Å². The number of rotatable bonds is 2. The summed E-state index contributed by atoms with van der Waals surface area (Å²) in [6.07, 6.45) is 6.97. The van der Waals surface area contributed by atoms with Crippen molar-refractivity contribution in [1.29, 1.82) is 0 Å². The molecular weight excluding hydrogens is 272 g/mol. The molecule has 1 heterocycles. The summed E-state index contributed by atoms with van der Waals surface area (Å²) in [4.78, 5) is 0. The summed E-state index contributed by atoms with van der Waals surface area (Å²) >= 11 is 0. The highest BCUT2D eigenvalue weighted by molar-refractivity contribution is 5.71. The maximum absolute atomic E-state index is 5.78. The zero-order chi connectivity index (χ0) is 15.7. The van der Waals surface area contributed by atoms with Gasteiger partial charge in [-0.2, -0.15) is 0 Å². The molecule has 3 nitrogen and oxygen atoms in total. The standard InChI is InChI=1S/C19H26N2O/c1-19(2,3)16-10-8-14(9-11-16)13-4-6-15(7-5-13)17-12-21-22-18(17)20/h4-7,12,14,16H,8-11,20H2,1-3H3. The number of benzene rings is 1. The Morgan fingerprint density at radius 2 is 1.68 bits per heavy atom. The summed E-state index contributed by atoms with van der Waals surface area (Å²) in [5, 5.41) is 3.74. The van der Waals surface area contributed by atoms with Gasteiger partial charge in [-0.25, -0.2) is 0 Å². The maximum atomic E-state index is 5.78. The molecule has 0 saturated heterocycles. The zero-order valence-electron chi connectivity index (χ0n) is 13.8. The number of nitrogen functional groups attached to an aromatic ring is 1. The van der Waals surface area contributed by atoms with Crippen LogP contribution < -0.4 is 5.73 Å². The van der Waals surface area contributed by atoms with Gasteiger partial charge in [0.1, 0.15) is 0 Å². The molecule has 0 spiro atoms. The number of aromatic nitrogens is 1. The first kappa shape index (κ1) is 15.1. The van der Waals surface area contributed by atoms with Crippen LogP contribution >= 0.6 is 0 Å². The average Bonchev–Trinajstić information content (AvgIpc) is 2.93. The molecule has 1 aliphatic carbocycles. The molecule has 0 radical (unpaired) electrons. The van der Waals surface area contributed by atoms with Crippen molar-refractivity contribution in [1.82, 2.24) is 5.16 Å². The second-order valence-electron chi connectivity index (χ2n) is 7.64. The van der Waals surface area contributed by atoms with Crippen LogP contribution in [0.25, 0.3) is 11.1 Å². The van der Waals surface area contributed by atoms with Crippen molar-refractivity contribution in [2.24, 2.45) is 11.3 Å². The first-order valence-corrected chi connectivity index (χ1v) is 8.25. The molecular formula is C19H26N2O. The van der Waals surface area contributed by atoms with Crippen LogP contribution in [0.5, 0.6) is 0 Å². The number of hydrogen-bond donors (Lipinski definition) is 1. The minimum absolute atomic E-state index is 0.387. The van der Waals surface area contributed by atoms with E-state index in [2.05, 4.69) is 50.2 Å². The van der Waals surface area contributed by atoms with E-state index in [0.29, 0.717) is 17.2 Å². The van der Waals surface area contributed by atoms with Gasteiger partial charge in [0.2, 0.25) is 5.88 Å². The Morgan fingerprint density at radius 1 is 1.05 bits per heavy atom. The van der Waals surface area contributed by atoms with Crippen LogP contribution in [0.15, 0.2) is 35.0 Å². The second kappa shape index (κ2) is 5.79. The van der Waals surface area contributed by atoms with Crippen molar-refractivity contribution in [3.63, 3.8) is 0 Å². The van der Waals surface area contributed by atoms with Crippen molar-refractivity contribution in [3.05, 3.63) is 36.0 Å². The average molecular weight is 298 g/mol. The lowest BCUT2D eigenvalue weighted by Crippen LogP contribution is -2.25. The number of hydrogen-bond acceptors (Lipinski definition) is 3. The van der Waals surface area contributed by atoms with Crippen LogP contribution in [0.4, 0.5) is 5.88 Å². The van der Waals surface area contributed by atoms with E-state index in [0.717, 1.165) is 17.0 Å². The zero-order valence-corrected chi connectivity index (χ0v) is 13.8. The summed E-state index contributed by atoms with van der Waals surface area (Å²) in [6, 6.07) is 8.75. The van der Waals surface area contributed by atoms with Gasteiger partial charge in [-0.05, 0) is 54.1 Å². The molecule has 0 aliphatic heterocycles. The fraction of sp³-hybridized carbons (Fsp3) is 0.526. The molecule has 118 valence electrons. The maximum Gasteiger partial charge on any atom is 0.229 e. The van der Waals surface area contributed by atoms with Crippen molar-refractivity contribution in [2.45, 2.75) is 52.4 Å². The smallest absolute Gasteiger partial charge is 0.229 e. The van der Waals surface area contributed by atoms with Gasteiger partial charge in [0.25, 0.3) is 0 Å². The van der Waals surface area contributed by atoms with Crippen LogP contribution in [0.2, 0.25) is 0 Å². The van der Waals surface area contributed by atoms with E-state index in [9.17, 15) is 0 Å². The predicted octanol–water partition coefficient (Wildman–Crippen LogP) is 5.24. The molecule has 1 aromatic carbocycles. The van der Waals surface area contributed by atoms with Gasteiger partial charge in [0.15, 0.2) is 0 Å². The third kappa shape index (κ3) is 3.03. The van der Waals surface area contributed by atoms with E-state index in [1.807, 2.05) is 0 Å². The lowest BCUT2D eigenvalue weighted by Gasteiger charge is -2.37. The molecule has 3 heteroatoms. The Morgan fingerprint density at radius 3 is 2.18 bits per heavy atom. The highest BCUT2D eigenvalue weighted by Crippen LogP contribution is 2.43. The minimum Gasteiger partial charge on any atom is -0.367 e. The lowest BCUT2D eigenvalue weighted by molar-refractivity contribution is 0.169. The molecule has 0 atom stereocenters. The highest BCUT2D eigenvalue weighted by Gasteiger charge is 2.30. The third-order valence-electron chi connectivity index (χ3n) is 5.24.